The molecule has 2 unspecified atom stereocenters. The maximum Gasteiger partial charge on any atom is 0.164 e. The Balaban J connectivity index is 2.08. The van der Waals surface area contributed by atoms with Crippen LogP contribution >= 0.6 is 11.8 Å². The molecule has 1 aliphatic heterocycles. The first-order chi connectivity index (χ1) is 9.19. The lowest BCUT2D eigenvalue weighted by molar-refractivity contribution is -0.127. The highest BCUT2D eigenvalue weighted by Crippen LogP contribution is 2.37. The van der Waals surface area contributed by atoms with Gasteiger partial charge < -0.3 is 0 Å². The number of nitrogens with zero attached hydrogens (tertiary/aromatic N) is 1. The molecule has 2 rings (SSSR count). The van der Waals surface area contributed by atoms with Crippen molar-refractivity contribution < 1.29 is 13.2 Å². The fourth-order valence-corrected chi connectivity index (χ4v) is 6.17. The Labute approximate surface area is 126 Å². The van der Waals surface area contributed by atoms with Crippen molar-refractivity contribution in [3.63, 3.8) is 0 Å². The molecule has 0 N–H and O–H groups in total. The highest BCUT2D eigenvalue weighted by atomic mass is 32.2. The molecule has 0 bridgehead atoms. The smallest absolute Gasteiger partial charge is 0.164 e. The highest BCUT2D eigenvalue weighted by molar-refractivity contribution is 8.00. The summed E-state index contributed by atoms with van der Waals surface area (Å²) in [5.74, 6) is 1.90. The molecule has 2 fully saturated rings. The Morgan fingerprint density at radius 3 is 2.75 bits per heavy atom. The average Bonchev–Trinajstić information content (AvgIpc) is 2.33. The van der Waals surface area contributed by atoms with E-state index in [1.165, 1.54) is 6.26 Å². The normalized spacial score (nSPS) is 32.2. The second-order valence-electron chi connectivity index (χ2n) is 6.89. The van der Waals surface area contributed by atoms with Crippen LogP contribution in [0, 0.1) is 11.3 Å². The SMILES string of the molecule is CC1(C)CCC(=O)C(CN2CCSCC2S(C)(=O)=O)C1. The summed E-state index contributed by atoms with van der Waals surface area (Å²) in [6.07, 6.45) is 3.78. The molecule has 0 amide bonds. The molecule has 1 heterocycles. The van der Waals surface area contributed by atoms with Crippen LogP contribution in [0.2, 0.25) is 0 Å². The van der Waals surface area contributed by atoms with Gasteiger partial charge in [-0.05, 0) is 18.3 Å². The van der Waals surface area contributed by atoms with E-state index in [0.717, 1.165) is 25.1 Å². The van der Waals surface area contributed by atoms with E-state index in [2.05, 4.69) is 13.8 Å². The van der Waals surface area contributed by atoms with Crippen LogP contribution in [0.3, 0.4) is 0 Å². The maximum absolute atomic E-state index is 12.1. The Bertz CT molecular complexity index is 473. The van der Waals surface area contributed by atoms with E-state index in [4.69, 9.17) is 0 Å². The molecule has 2 atom stereocenters. The highest BCUT2D eigenvalue weighted by Gasteiger charge is 2.38. The lowest BCUT2D eigenvalue weighted by Crippen LogP contribution is -2.50. The number of hydrogen-bond acceptors (Lipinski definition) is 5. The van der Waals surface area contributed by atoms with E-state index in [1.54, 1.807) is 11.8 Å². The first kappa shape index (κ1) is 16.3. The summed E-state index contributed by atoms with van der Waals surface area (Å²) >= 11 is 1.69. The van der Waals surface area contributed by atoms with Crippen LogP contribution in [0.1, 0.15) is 33.1 Å². The molecule has 0 aromatic rings. The third-order valence-corrected chi connectivity index (χ3v) is 7.13. The largest absolute Gasteiger partial charge is 0.299 e. The van der Waals surface area contributed by atoms with Gasteiger partial charge in [-0.1, -0.05) is 13.8 Å². The minimum Gasteiger partial charge on any atom is -0.299 e. The van der Waals surface area contributed by atoms with Crippen LogP contribution in [0.25, 0.3) is 0 Å². The fourth-order valence-electron chi connectivity index (χ4n) is 3.22. The third-order valence-electron chi connectivity index (χ3n) is 4.44. The molecular formula is C14H25NO3S2. The summed E-state index contributed by atoms with van der Waals surface area (Å²) in [5, 5.41) is -0.418. The average molecular weight is 319 g/mol. The number of ketones is 1. The molecule has 1 saturated carbocycles. The number of thioether (sulfide) groups is 1. The minimum absolute atomic E-state index is 0.00565. The zero-order valence-electron chi connectivity index (χ0n) is 12.6. The van der Waals surface area contributed by atoms with Gasteiger partial charge in [-0.15, -0.1) is 0 Å². The zero-order valence-corrected chi connectivity index (χ0v) is 14.2. The summed E-state index contributed by atoms with van der Waals surface area (Å²) in [5.41, 5.74) is 0.198. The number of carbonyl (C=O) groups excluding carboxylic acids is 1. The number of hydrogen-bond donors (Lipinski definition) is 0. The van der Waals surface area contributed by atoms with Crippen LogP contribution in [-0.2, 0) is 14.6 Å². The monoisotopic (exact) mass is 319 g/mol. The maximum atomic E-state index is 12.1. The van der Waals surface area contributed by atoms with Gasteiger partial charge in [-0.3, -0.25) is 9.69 Å². The molecular weight excluding hydrogens is 294 g/mol. The van der Waals surface area contributed by atoms with Crippen molar-refractivity contribution in [3.05, 3.63) is 0 Å². The first-order valence-electron chi connectivity index (χ1n) is 7.22. The van der Waals surface area contributed by atoms with E-state index in [-0.39, 0.29) is 11.3 Å². The van der Waals surface area contributed by atoms with E-state index in [0.29, 0.717) is 24.5 Å². The molecule has 0 spiro atoms. The van der Waals surface area contributed by atoms with Gasteiger partial charge in [0.25, 0.3) is 0 Å². The van der Waals surface area contributed by atoms with Gasteiger partial charge in [0.05, 0.1) is 0 Å². The van der Waals surface area contributed by atoms with Crippen molar-refractivity contribution in [2.75, 3.05) is 30.9 Å². The van der Waals surface area contributed by atoms with Crippen molar-refractivity contribution in [2.24, 2.45) is 11.3 Å². The molecule has 2 aliphatic rings. The topological polar surface area (TPSA) is 54.5 Å². The van der Waals surface area contributed by atoms with Gasteiger partial charge in [-0.25, -0.2) is 8.42 Å². The van der Waals surface area contributed by atoms with E-state index in [9.17, 15) is 13.2 Å². The predicted molar refractivity (Wildman–Crippen MR) is 83.7 cm³/mol. The number of Topliss-reactive ketones (excluding diaryl/α,β-unsaturated/α-hetero) is 1. The minimum atomic E-state index is -3.08. The summed E-state index contributed by atoms with van der Waals surface area (Å²) in [6.45, 7) is 5.78. The van der Waals surface area contributed by atoms with Gasteiger partial charge in [0.15, 0.2) is 9.84 Å². The Hall–Kier alpha value is -0.0700. The summed E-state index contributed by atoms with van der Waals surface area (Å²) in [7, 11) is -3.08. The van der Waals surface area contributed by atoms with Crippen LogP contribution < -0.4 is 0 Å². The summed E-state index contributed by atoms with van der Waals surface area (Å²) < 4.78 is 23.8. The lowest BCUT2D eigenvalue weighted by atomic mass is 9.71. The molecule has 0 radical (unpaired) electrons. The molecule has 1 aliphatic carbocycles. The van der Waals surface area contributed by atoms with Gasteiger partial charge >= 0.3 is 0 Å². The Kier molecular flexibility index (Phi) is 4.87. The van der Waals surface area contributed by atoms with Gasteiger partial charge in [0.1, 0.15) is 11.2 Å². The fraction of sp³-hybridized carbons (Fsp3) is 0.929. The van der Waals surface area contributed by atoms with Crippen molar-refractivity contribution in [2.45, 2.75) is 38.5 Å². The number of rotatable bonds is 3. The molecule has 116 valence electrons. The quantitative estimate of drug-likeness (QED) is 0.794. The van der Waals surface area contributed by atoms with E-state index >= 15 is 0 Å². The van der Waals surface area contributed by atoms with Crippen molar-refractivity contribution in [1.29, 1.82) is 0 Å². The molecule has 0 aromatic carbocycles. The Morgan fingerprint density at radius 2 is 2.10 bits per heavy atom. The molecule has 0 aromatic heterocycles. The second kappa shape index (κ2) is 5.97. The summed E-state index contributed by atoms with van der Waals surface area (Å²) in [4.78, 5) is 14.2. The molecule has 4 nitrogen and oxygen atoms in total. The van der Waals surface area contributed by atoms with Crippen molar-refractivity contribution in [1.82, 2.24) is 4.90 Å². The number of carbonyl (C=O) groups is 1. The first-order valence-corrected chi connectivity index (χ1v) is 10.3. The zero-order chi connectivity index (χ0) is 15.0. The molecule has 1 saturated heterocycles. The van der Waals surface area contributed by atoms with Crippen LogP contribution in [-0.4, -0.2) is 55.3 Å². The van der Waals surface area contributed by atoms with Crippen LogP contribution in [0.15, 0.2) is 0 Å². The third kappa shape index (κ3) is 3.98. The van der Waals surface area contributed by atoms with Gasteiger partial charge in [0.2, 0.25) is 0 Å². The summed E-state index contributed by atoms with van der Waals surface area (Å²) in [6, 6.07) is 0. The van der Waals surface area contributed by atoms with Crippen molar-refractivity contribution in [3.8, 4) is 0 Å². The standard InChI is InChI=1S/C14H25NO3S2/c1-14(2)5-4-12(16)11(8-14)9-15-6-7-19-10-13(15)20(3,17)18/h11,13H,4-10H2,1-3H3. The second-order valence-corrected chi connectivity index (χ2v) is 10.2. The van der Waals surface area contributed by atoms with Gasteiger partial charge in [-0.2, -0.15) is 11.8 Å². The Morgan fingerprint density at radius 1 is 1.40 bits per heavy atom. The van der Waals surface area contributed by atoms with Gasteiger partial charge in [0, 0.05) is 43.2 Å². The van der Waals surface area contributed by atoms with Crippen LogP contribution in [0.5, 0.6) is 0 Å². The lowest BCUT2D eigenvalue weighted by Gasteiger charge is -2.40. The van der Waals surface area contributed by atoms with Crippen molar-refractivity contribution >= 4 is 27.4 Å². The van der Waals surface area contributed by atoms with E-state index in [1.807, 2.05) is 4.90 Å². The molecule has 6 heteroatoms. The van der Waals surface area contributed by atoms with Crippen LogP contribution in [0.4, 0.5) is 0 Å². The predicted octanol–water partition coefficient (Wildman–Crippen LogP) is 1.80. The number of sulfone groups is 1. The van der Waals surface area contributed by atoms with E-state index < -0.39 is 15.2 Å². The molecule has 20 heavy (non-hydrogen) atoms.